The Morgan fingerprint density at radius 3 is 1.54 bits per heavy atom. The smallest absolute Gasteiger partial charge is 0.119 e. The first-order valence-corrected chi connectivity index (χ1v) is 10.7. The van der Waals surface area contributed by atoms with Gasteiger partial charge in [0.2, 0.25) is 0 Å². The first-order valence-electron chi connectivity index (χ1n) is 10.4. The summed E-state index contributed by atoms with van der Waals surface area (Å²) in [5.41, 5.74) is 4.78. The molecule has 0 fully saturated rings. The molecule has 0 spiro atoms. The summed E-state index contributed by atoms with van der Waals surface area (Å²) in [5, 5.41) is 0.763. The zero-order valence-corrected chi connectivity index (χ0v) is 17.4. The SMILES string of the molecule is CCCCCCCCOc1ccc(-c2ccc(-c3ccc(Cl)cc3)cc2)cc1. The van der Waals surface area contributed by atoms with E-state index >= 15 is 0 Å². The van der Waals surface area contributed by atoms with Crippen LogP contribution >= 0.6 is 11.6 Å². The molecule has 0 radical (unpaired) electrons. The van der Waals surface area contributed by atoms with Crippen LogP contribution in [0.2, 0.25) is 5.02 Å². The topological polar surface area (TPSA) is 9.23 Å². The highest BCUT2D eigenvalue weighted by Gasteiger charge is 2.02. The molecule has 0 aliphatic heterocycles. The van der Waals surface area contributed by atoms with Crippen LogP contribution in [0.15, 0.2) is 72.8 Å². The third kappa shape index (κ3) is 6.14. The quantitative estimate of drug-likeness (QED) is 0.314. The Bertz CT molecular complexity index is 820. The molecule has 146 valence electrons. The Morgan fingerprint density at radius 2 is 1.00 bits per heavy atom. The summed E-state index contributed by atoms with van der Waals surface area (Å²) in [4.78, 5) is 0. The predicted molar refractivity (Wildman–Crippen MR) is 121 cm³/mol. The van der Waals surface area contributed by atoms with Gasteiger partial charge >= 0.3 is 0 Å². The van der Waals surface area contributed by atoms with Crippen molar-refractivity contribution in [1.29, 1.82) is 0 Å². The second-order valence-electron chi connectivity index (χ2n) is 7.22. The zero-order valence-electron chi connectivity index (χ0n) is 16.7. The molecule has 0 amide bonds. The molecule has 0 N–H and O–H groups in total. The van der Waals surface area contributed by atoms with Crippen LogP contribution in [-0.4, -0.2) is 6.61 Å². The van der Waals surface area contributed by atoms with Gasteiger partial charge in [0, 0.05) is 5.02 Å². The van der Waals surface area contributed by atoms with Gasteiger partial charge in [-0.25, -0.2) is 0 Å². The maximum Gasteiger partial charge on any atom is 0.119 e. The van der Waals surface area contributed by atoms with Gasteiger partial charge in [-0.05, 0) is 52.9 Å². The van der Waals surface area contributed by atoms with Crippen molar-refractivity contribution >= 4 is 11.6 Å². The van der Waals surface area contributed by atoms with Gasteiger partial charge in [-0.2, -0.15) is 0 Å². The molecule has 28 heavy (non-hydrogen) atoms. The van der Waals surface area contributed by atoms with Crippen molar-refractivity contribution in [2.75, 3.05) is 6.61 Å². The highest BCUT2D eigenvalue weighted by atomic mass is 35.5. The van der Waals surface area contributed by atoms with Crippen LogP contribution in [0.1, 0.15) is 45.4 Å². The molecule has 0 saturated heterocycles. The monoisotopic (exact) mass is 392 g/mol. The molecule has 3 aromatic rings. The summed E-state index contributed by atoms with van der Waals surface area (Å²) in [6, 6.07) is 25.0. The molecule has 3 rings (SSSR count). The minimum Gasteiger partial charge on any atom is -0.494 e. The van der Waals surface area contributed by atoms with Crippen molar-refractivity contribution in [2.45, 2.75) is 45.4 Å². The van der Waals surface area contributed by atoms with E-state index in [1.54, 1.807) is 0 Å². The van der Waals surface area contributed by atoms with Crippen molar-refractivity contribution in [3.8, 4) is 28.0 Å². The van der Waals surface area contributed by atoms with E-state index in [1.165, 1.54) is 54.4 Å². The Labute approximate surface area is 174 Å². The van der Waals surface area contributed by atoms with E-state index in [2.05, 4.69) is 55.5 Å². The molecule has 1 nitrogen and oxygen atoms in total. The average Bonchev–Trinajstić information content (AvgIpc) is 2.74. The summed E-state index contributed by atoms with van der Waals surface area (Å²) in [6.07, 6.45) is 7.72. The summed E-state index contributed by atoms with van der Waals surface area (Å²) in [6.45, 7) is 3.06. The molecule has 0 unspecified atom stereocenters. The van der Waals surface area contributed by atoms with Gasteiger partial charge in [-0.1, -0.05) is 99.2 Å². The van der Waals surface area contributed by atoms with Crippen molar-refractivity contribution in [3.63, 3.8) is 0 Å². The summed E-state index contributed by atoms with van der Waals surface area (Å²) < 4.78 is 5.88. The van der Waals surface area contributed by atoms with E-state index < -0.39 is 0 Å². The van der Waals surface area contributed by atoms with Crippen LogP contribution in [0.3, 0.4) is 0 Å². The minimum absolute atomic E-state index is 0.763. The van der Waals surface area contributed by atoms with Crippen molar-refractivity contribution in [3.05, 3.63) is 77.8 Å². The number of benzene rings is 3. The Kier molecular flexibility index (Phi) is 7.99. The maximum absolute atomic E-state index is 5.97. The van der Waals surface area contributed by atoms with Crippen LogP contribution in [0.25, 0.3) is 22.3 Å². The molecule has 0 bridgehead atoms. The lowest BCUT2D eigenvalue weighted by Crippen LogP contribution is -1.97. The van der Waals surface area contributed by atoms with Crippen LogP contribution in [0.4, 0.5) is 0 Å². The van der Waals surface area contributed by atoms with Crippen LogP contribution in [0, 0.1) is 0 Å². The molecule has 0 aliphatic carbocycles. The van der Waals surface area contributed by atoms with Crippen molar-refractivity contribution < 1.29 is 4.74 Å². The Balaban J connectivity index is 1.51. The van der Waals surface area contributed by atoms with Crippen LogP contribution in [0.5, 0.6) is 5.75 Å². The maximum atomic E-state index is 5.97. The number of rotatable bonds is 10. The first kappa shape index (κ1) is 20.5. The fourth-order valence-electron chi connectivity index (χ4n) is 3.31. The van der Waals surface area contributed by atoms with E-state index in [9.17, 15) is 0 Å². The van der Waals surface area contributed by atoms with E-state index in [4.69, 9.17) is 16.3 Å². The molecule has 0 saturated carbocycles. The van der Waals surface area contributed by atoms with Crippen LogP contribution in [-0.2, 0) is 0 Å². The van der Waals surface area contributed by atoms with Crippen molar-refractivity contribution in [2.24, 2.45) is 0 Å². The van der Waals surface area contributed by atoms with E-state index in [-0.39, 0.29) is 0 Å². The summed E-state index contributed by atoms with van der Waals surface area (Å²) in [7, 11) is 0. The third-order valence-electron chi connectivity index (χ3n) is 5.02. The molecular formula is C26H29ClO. The minimum atomic E-state index is 0.763. The van der Waals surface area contributed by atoms with E-state index in [0.29, 0.717) is 0 Å². The number of ether oxygens (including phenoxy) is 1. The Hall–Kier alpha value is -2.25. The number of hydrogen-bond acceptors (Lipinski definition) is 1. The second-order valence-corrected chi connectivity index (χ2v) is 7.66. The van der Waals surface area contributed by atoms with Gasteiger partial charge < -0.3 is 4.74 Å². The molecule has 0 heterocycles. The normalized spacial score (nSPS) is 10.8. The van der Waals surface area contributed by atoms with Crippen LogP contribution < -0.4 is 4.74 Å². The standard InChI is InChI=1S/C26H29ClO/c1-2-3-4-5-6-7-20-28-26-18-14-24(15-19-26)22-10-8-21(9-11-22)23-12-16-25(27)17-13-23/h8-19H,2-7,20H2,1H3. The van der Waals surface area contributed by atoms with Gasteiger partial charge in [0.1, 0.15) is 5.75 Å². The second kappa shape index (κ2) is 10.9. The van der Waals surface area contributed by atoms with Gasteiger partial charge in [0.25, 0.3) is 0 Å². The molecule has 3 aromatic carbocycles. The predicted octanol–water partition coefficient (Wildman–Crippen LogP) is 8.41. The number of hydrogen-bond donors (Lipinski definition) is 0. The number of halogens is 1. The fourth-order valence-corrected chi connectivity index (χ4v) is 3.44. The molecule has 2 heteroatoms. The lowest BCUT2D eigenvalue weighted by atomic mass is 10.0. The van der Waals surface area contributed by atoms with Gasteiger partial charge in [-0.15, -0.1) is 0 Å². The lowest BCUT2D eigenvalue weighted by molar-refractivity contribution is 0.304. The Morgan fingerprint density at radius 1 is 0.571 bits per heavy atom. The highest BCUT2D eigenvalue weighted by molar-refractivity contribution is 6.30. The van der Waals surface area contributed by atoms with Gasteiger partial charge in [0.05, 0.1) is 6.61 Å². The molecule has 0 aromatic heterocycles. The largest absolute Gasteiger partial charge is 0.494 e. The summed E-state index contributed by atoms with van der Waals surface area (Å²) >= 11 is 5.97. The average molecular weight is 393 g/mol. The summed E-state index contributed by atoms with van der Waals surface area (Å²) in [5.74, 6) is 0.954. The molecule has 0 aliphatic rings. The highest BCUT2D eigenvalue weighted by Crippen LogP contribution is 2.27. The van der Waals surface area contributed by atoms with E-state index in [1.807, 2.05) is 24.3 Å². The van der Waals surface area contributed by atoms with E-state index in [0.717, 1.165) is 23.8 Å². The first-order chi connectivity index (χ1) is 13.8. The van der Waals surface area contributed by atoms with Gasteiger partial charge in [-0.3, -0.25) is 0 Å². The van der Waals surface area contributed by atoms with Crippen molar-refractivity contribution in [1.82, 2.24) is 0 Å². The van der Waals surface area contributed by atoms with Gasteiger partial charge in [0.15, 0.2) is 0 Å². The fraction of sp³-hybridized carbons (Fsp3) is 0.308. The lowest BCUT2D eigenvalue weighted by Gasteiger charge is -2.08. The number of unbranched alkanes of at least 4 members (excludes halogenated alkanes) is 5. The zero-order chi connectivity index (χ0) is 19.6. The molecule has 0 atom stereocenters. The third-order valence-corrected chi connectivity index (χ3v) is 5.27. The molecular weight excluding hydrogens is 364 g/mol.